The molecule has 0 aromatic heterocycles. The summed E-state index contributed by atoms with van der Waals surface area (Å²) < 4.78 is 31.6. The van der Waals surface area contributed by atoms with Crippen molar-refractivity contribution in [3.8, 4) is 0 Å². The molecule has 1 saturated carbocycles. The maximum atomic E-state index is 13.7. The van der Waals surface area contributed by atoms with Gasteiger partial charge in [0.15, 0.2) is 0 Å². The van der Waals surface area contributed by atoms with E-state index in [9.17, 15) is 8.78 Å². The molecule has 5 heteroatoms. The summed E-state index contributed by atoms with van der Waals surface area (Å²) in [5.41, 5.74) is 6.40. The lowest BCUT2D eigenvalue weighted by Gasteiger charge is -2.25. The van der Waals surface area contributed by atoms with Crippen molar-refractivity contribution in [2.75, 3.05) is 26.8 Å². The number of benzene rings is 1. The Kier molecular flexibility index (Phi) is 4.85. The molecule has 0 bridgehead atoms. The molecular formula is C14H20F2N2O. The third-order valence-corrected chi connectivity index (χ3v) is 3.44. The minimum absolute atomic E-state index is 0.365. The van der Waals surface area contributed by atoms with Crippen LogP contribution in [-0.2, 0) is 4.74 Å². The number of halogens is 2. The Morgan fingerprint density at radius 2 is 2.16 bits per heavy atom. The molecular weight excluding hydrogens is 250 g/mol. The average molecular weight is 270 g/mol. The van der Waals surface area contributed by atoms with Gasteiger partial charge in [-0.05, 0) is 18.9 Å². The van der Waals surface area contributed by atoms with Crippen molar-refractivity contribution in [3.63, 3.8) is 0 Å². The maximum Gasteiger partial charge on any atom is 0.130 e. The first-order chi connectivity index (χ1) is 9.11. The summed E-state index contributed by atoms with van der Waals surface area (Å²) in [6, 6.07) is 3.64. The van der Waals surface area contributed by atoms with E-state index in [1.807, 2.05) is 0 Å². The molecule has 1 aromatic carbocycles. The summed E-state index contributed by atoms with van der Waals surface area (Å²) in [6.07, 6.45) is 2.31. The zero-order valence-electron chi connectivity index (χ0n) is 11.1. The van der Waals surface area contributed by atoms with Crippen molar-refractivity contribution >= 4 is 0 Å². The van der Waals surface area contributed by atoms with E-state index in [1.165, 1.54) is 12.1 Å². The van der Waals surface area contributed by atoms with E-state index in [4.69, 9.17) is 10.5 Å². The van der Waals surface area contributed by atoms with Crippen molar-refractivity contribution in [3.05, 3.63) is 35.4 Å². The van der Waals surface area contributed by atoms with Gasteiger partial charge in [-0.25, -0.2) is 8.78 Å². The summed E-state index contributed by atoms with van der Waals surface area (Å²) >= 11 is 0. The second-order valence-corrected chi connectivity index (χ2v) is 4.99. The van der Waals surface area contributed by atoms with Crippen LogP contribution in [0.3, 0.4) is 0 Å². The number of methoxy groups -OCH3 is 1. The second kappa shape index (κ2) is 6.41. The highest BCUT2D eigenvalue weighted by Crippen LogP contribution is 2.28. The average Bonchev–Trinajstić information content (AvgIpc) is 3.18. The molecule has 2 rings (SSSR count). The molecule has 1 atom stereocenters. The maximum absolute atomic E-state index is 13.7. The lowest BCUT2D eigenvalue weighted by Crippen LogP contribution is -2.36. The third-order valence-electron chi connectivity index (χ3n) is 3.44. The first-order valence-corrected chi connectivity index (χ1v) is 6.55. The number of ether oxygens (including phenoxy) is 1. The number of rotatable bonds is 7. The number of hydrogen-bond donors (Lipinski definition) is 1. The summed E-state index contributed by atoms with van der Waals surface area (Å²) in [7, 11) is 1.66. The van der Waals surface area contributed by atoms with Crippen LogP contribution < -0.4 is 5.73 Å². The van der Waals surface area contributed by atoms with Crippen LogP contribution in [0.4, 0.5) is 8.78 Å². The van der Waals surface area contributed by atoms with E-state index in [2.05, 4.69) is 4.90 Å². The number of nitrogens with zero attached hydrogens (tertiary/aromatic N) is 1. The standard InChI is InChI=1S/C14H20F2N2O/c1-19-7-6-18(11-3-4-11)9-14(17)12-5-2-10(15)8-13(12)16/h2,5,8,11,14H,3-4,6-7,9,17H2,1H3. The van der Waals surface area contributed by atoms with Gasteiger partial charge in [0.05, 0.1) is 6.61 Å². The van der Waals surface area contributed by atoms with E-state index in [1.54, 1.807) is 7.11 Å². The van der Waals surface area contributed by atoms with Gasteiger partial charge in [0.1, 0.15) is 11.6 Å². The van der Waals surface area contributed by atoms with Crippen LogP contribution in [0.15, 0.2) is 18.2 Å². The minimum atomic E-state index is -0.577. The monoisotopic (exact) mass is 270 g/mol. The first kappa shape index (κ1) is 14.4. The predicted molar refractivity (Wildman–Crippen MR) is 69.8 cm³/mol. The molecule has 1 aliphatic carbocycles. The summed E-state index contributed by atoms with van der Waals surface area (Å²) in [5, 5.41) is 0. The number of nitrogens with two attached hydrogens (primary N) is 1. The van der Waals surface area contributed by atoms with E-state index in [-0.39, 0.29) is 0 Å². The van der Waals surface area contributed by atoms with Crippen LogP contribution in [-0.4, -0.2) is 37.7 Å². The molecule has 1 unspecified atom stereocenters. The van der Waals surface area contributed by atoms with Crippen molar-refractivity contribution in [2.24, 2.45) is 5.73 Å². The van der Waals surface area contributed by atoms with Crippen LogP contribution in [0, 0.1) is 11.6 Å². The molecule has 0 amide bonds. The molecule has 1 aromatic rings. The fraction of sp³-hybridized carbons (Fsp3) is 0.571. The quantitative estimate of drug-likeness (QED) is 0.824. The van der Waals surface area contributed by atoms with E-state index >= 15 is 0 Å². The lowest BCUT2D eigenvalue weighted by atomic mass is 10.1. The molecule has 0 saturated heterocycles. The molecule has 106 valence electrons. The molecule has 0 radical (unpaired) electrons. The fourth-order valence-electron chi connectivity index (χ4n) is 2.22. The smallest absolute Gasteiger partial charge is 0.130 e. The minimum Gasteiger partial charge on any atom is -0.383 e. The second-order valence-electron chi connectivity index (χ2n) is 4.99. The highest BCUT2D eigenvalue weighted by atomic mass is 19.1. The van der Waals surface area contributed by atoms with Crippen molar-refractivity contribution in [1.82, 2.24) is 4.90 Å². The highest BCUT2D eigenvalue weighted by Gasteiger charge is 2.30. The molecule has 19 heavy (non-hydrogen) atoms. The topological polar surface area (TPSA) is 38.5 Å². The molecule has 2 N–H and O–H groups in total. The SMILES string of the molecule is COCCN(CC(N)c1ccc(F)cc1F)C1CC1. The Labute approximate surface area is 112 Å². The molecule has 1 aliphatic rings. The van der Waals surface area contributed by atoms with Gasteiger partial charge in [0.25, 0.3) is 0 Å². The van der Waals surface area contributed by atoms with E-state index in [0.717, 1.165) is 25.5 Å². The Morgan fingerprint density at radius 3 is 2.74 bits per heavy atom. The molecule has 3 nitrogen and oxygen atoms in total. The zero-order chi connectivity index (χ0) is 13.8. The summed E-state index contributed by atoms with van der Waals surface area (Å²) in [5.74, 6) is -1.15. The van der Waals surface area contributed by atoms with Gasteiger partial charge in [-0.3, -0.25) is 4.90 Å². The molecule has 1 fully saturated rings. The van der Waals surface area contributed by atoms with Crippen LogP contribution in [0.2, 0.25) is 0 Å². The first-order valence-electron chi connectivity index (χ1n) is 6.55. The van der Waals surface area contributed by atoms with Crippen molar-refractivity contribution in [2.45, 2.75) is 24.9 Å². The third kappa shape index (κ3) is 3.96. The Balaban J connectivity index is 1.99. The Hall–Kier alpha value is -1.04. The molecule has 0 aliphatic heterocycles. The van der Waals surface area contributed by atoms with Crippen molar-refractivity contribution < 1.29 is 13.5 Å². The van der Waals surface area contributed by atoms with Gasteiger partial charge in [-0.2, -0.15) is 0 Å². The Morgan fingerprint density at radius 1 is 1.42 bits per heavy atom. The van der Waals surface area contributed by atoms with Gasteiger partial charge < -0.3 is 10.5 Å². The normalized spacial score (nSPS) is 16.9. The van der Waals surface area contributed by atoms with Crippen LogP contribution in [0.1, 0.15) is 24.4 Å². The highest BCUT2D eigenvalue weighted by molar-refractivity contribution is 5.22. The van der Waals surface area contributed by atoms with Gasteiger partial charge in [0.2, 0.25) is 0 Å². The fourth-order valence-corrected chi connectivity index (χ4v) is 2.22. The van der Waals surface area contributed by atoms with Gasteiger partial charge in [-0.1, -0.05) is 6.07 Å². The van der Waals surface area contributed by atoms with Gasteiger partial charge in [-0.15, -0.1) is 0 Å². The van der Waals surface area contributed by atoms with Gasteiger partial charge in [0, 0.05) is 43.9 Å². The number of hydrogen-bond acceptors (Lipinski definition) is 3. The summed E-state index contributed by atoms with van der Waals surface area (Å²) in [6.45, 7) is 1.99. The summed E-state index contributed by atoms with van der Waals surface area (Å²) in [4.78, 5) is 2.22. The van der Waals surface area contributed by atoms with Gasteiger partial charge >= 0.3 is 0 Å². The predicted octanol–water partition coefficient (Wildman–Crippen LogP) is 2.08. The van der Waals surface area contributed by atoms with Crippen molar-refractivity contribution in [1.29, 1.82) is 0 Å². The van der Waals surface area contributed by atoms with Crippen LogP contribution in [0.25, 0.3) is 0 Å². The molecule has 0 spiro atoms. The van der Waals surface area contributed by atoms with Crippen LogP contribution in [0.5, 0.6) is 0 Å². The van der Waals surface area contributed by atoms with E-state index in [0.29, 0.717) is 24.8 Å². The largest absolute Gasteiger partial charge is 0.383 e. The molecule has 0 heterocycles. The lowest BCUT2D eigenvalue weighted by molar-refractivity contribution is 0.139. The van der Waals surface area contributed by atoms with E-state index < -0.39 is 17.7 Å². The van der Waals surface area contributed by atoms with Crippen LogP contribution >= 0.6 is 0 Å². The Bertz CT molecular complexity index is 424. The zero-order valence-corrected chi connectivity index (χ0v) is 11.1.